The van der Waals surface area contributed by atoms with Gasteiger partial charge < -0.3 is 5.73 Å². The summed E-state index contributed by atoms with van der Waals surface area (Å²) in [5, 5.41) is 10.2. The first-order chi connectivity index (χ1) is 17.0. The molecule has 178 valence electrons. The van der Waals surface area contributed by atoms with Gasteiger partial charge in [-0.25, -0.2) is 19.3 Å². The maximum Gasteiger partial charge on any atom is 0.267 e. The summed E-state index contributed by atoms with van der Waals surface area (Å²) in [5.41, 5.74) is 10.7. The molecule has 0 saturated heterocycles. The lowest BCUT2D eigenvalue weighted by molar-refractivity contribution is 0.561. The Bertz CT molecular complexity index is 1490. The summed E-state index contributed by atoms with van der Waals surface area (Å²) < 4.78 is 3.29. The first kappa shape index (κ1) is 23.8. The normalized spacial score (nSPS) is 11.7. The molecule has 0 amide bonds. The molecule has 35 heavy (non-hydrogen) atoms. The number of fused-ring (bicyclic) bond motifs is 1. The molecule has 2 N–H and O–H groups in total. The summed E-state index contributed by atoms with van der Waals surface area (Å²) in [5.74, 6) is 0.385. The van der Waals surface area contributed by atoms with Crippen molar-refractivity contribution in [1.29, 1.82) is 0 Å². The van der Waals surface area contributed by atoms with Gasteiger partial charge >= 0.3 is 0 Å². The number of nitrogen functional groups attached to an aromatic ring is 1. The highest BCUT2D eigenvalue weighted by atomic mass is 16.1. The van der Waals surface area contributed by atoms with Crippen LogP contribution in [0.1, 0.15) is 43.6 Å². The zero-order chi connectivity index (χ0) is 24.9. The topological polar surface area (TPSA) is 105 Å². The molecule has 0 bridgehead atoms. The van der Waals surface area contributed by atoms with Crippen LogP contribution in [-0.4, -0.2) is 29.5 Å². The molecule has 0 saturated carbocycles. The van der Waals surface area contributed by atoms with Crippen LogP contribution in [0.4, 0.5) is 5.82 Å². The third-order valence-electron chi connectivity index (χ3n) is 5.76. The van der Waals surface area contributed by atoms with Crippen molar-refractivity contribution in [3.63, 3.8) is 0 Å². The van der Waals surface area contributed by atoms with Gasteiger partial charge in [0, 0.05) is 17.2 Å². The SMILES string of the molecule is CC.Cc1nn(C(C)c2cc(=O)n(Cc3ccccc3)nc2-c2ccccc2)c2ncnc(N)c12. The standard InChI is InChI=1S/C25H23N7O.C2H6/c1-16-22-24(26)27-15-28-25(22)32(29-16)17(2)20-13-21(33)31(14-18-9-5-3-6-10-18)30-23(20)19-11-7-4-8-12-19;1-2/h3-13,15,17H,14H2,1-2H3,(H2,26,27,28);1-2H3. The van der Waals surface area contributed by atoms with E-state index in [2.05, 4.69) is 15.1 Å². The van der Waals surface area contributed by atoms with Gasteiger partial charge in [0.1, 0.15) is 12.1 Å². The van der Waals surface area contributed by atoms with Gasteiger partial charge in [-0.15, -0.1) is 0 Å². The van der Waals surface area contributed by atoms with Crippen molar-refractivity contribution >= 4 is 16.9 Å². The fourth-order valence-corrected chi connectivity index (χ4v) is 4.08. The Kier molecular flexibility index (Phi) is 7.01. The smallest absolute Gasteiger partial charge is 0.267 e. The van der Waals surface area contributed by atoms with E-state index in [1.54, 1.807) is 10.7 Å². The van der Waals surface area contributed by atoms with E-state index in [-0.39, 0.29) is 11.6 Å². The Hall–Kier alpha value is -4.33. The Labute approximate surface area is 204 Å². The Morgan fingerprint density at radius 1 is 0.943 bits per heavy atom. The molecule has 0 spiro atoms. The predicted octanol–water partition coefficient (Wildman–Crippen LogP) is 4.62. The molecule has 8 nitrogen and oxygen atoms in total. The highest BCUT2D eigenvalue weighted by Crippen LogP contribution is 2.30. The van der Waals surface area contributed by atoms with Crippen molar-refractivity contribution in [3.8, 4) is 11.3 Å². The molecule has 0 aliphatic rings. The summed E-state index contributed by atoms with van der Waals surface area (Å²) in [6.07, 6.45) is 1.43. The quantitative estimate of drug-likeness (QED) is 0.404. The van der Waals surface area contributed by atoms with Gasteiger partial charge in [0.2, 0.25) is 0 Å². The number of hydrogen-bond acceptors (Lipinski definition) is 6. The summed E-state index contributed by atoms with van der Waals surface area (Å²) in [7, 11) is 0. The van der Waals surface area contributed by atoms with Crippen molar-refractivity contribution in [2.45, 2.75) is 40.3 Å². The third kappa shape index (κ3) is 4.68. The minimum Gasteiger partial charge on any atom is -0.383 e. The average molecular weight is 468 g/mol. The predicted molar refractivity (Wildman–Crippen MR) is 139 cm³/mol. The summed E-state index contributed by atoms with van der Waals surface area (Å²) in [4.78, 5) is 21.6. The maximum absolute atomic E-state index is 13.1. The van der Waals surface area contributed by atoms with E-state index in [1.807, 2.05) is 88.4 Å². The van der Waals surface area contributed by atoms with Gasteiger partial charge in [0.05, 0.1) is 29.4 Å². The number of rotatable bonds is 5. The Balaban J connectivity index is 0.00000141. The molecule has 1 unspecified atom stereocenters. The fourth-order valence-electron chi connectivity index (χ4n) is 4.08. The van der Waals surface area contributed by atoms with E-state index in [4.69, 9.17) is 10.8 Å². The fraction of sp³-hybridized carbons (Fsp3) is 0.222. The maximum atomic E-state index is 13.1. The lowest BCUT2D eigenvalue weighted by Gasteiger charge is -2.18. The lowest BCUT2D eigenvalue weighted by atomic mass is 10.0. The van der Waals surface area contributed by atoms with Gasteiger partial charge in [0.25, 0.3) is 5.56 Å². The molecular weight excluding hydrogens is 438 g/mol. The molecule has 0 aliphatic heterocycles. The van der Waals surface area contributed by atoms with Crippen molar-refractivity contribution in [2.24, 2.45) is 0 Å². The molecule has 0 fully saturated rings. The van der Waals surface area contributed by atoms with E-state index in [1.165, 1.54) is 11.0 Å². The van der Waals surface area contributed by atoms with Gasteiger partial charge in [0.15, 0.2) is 5.65 Å². The molecule has 8 heteroatoms. The highest BCUT2D eigenvalue weighted by molar-refractivity contribution is 5.88. The van der Waals surface area contributed by atoms with Gasteiger partial charge in [-0.2, -0.15) is 10.2 Å². The van der Waals surface area contributed by atoms with Crippen molar-refractivity contribution in [1.82, 2.24) is 29.5 Å². The van der Waals surface area contributed by atoms with Gasteiger partial charge in [-0.05, 0) is 19.4 Å². The van der Waals surface area contributed by atoms with Crippen LogP contribution < -0.4 is 11.3 Å². The molecule has 0 radical (unpaired) electrons. The zero-order valence-electron chi connectivity index (χ0n) is 20.4. The molecule has 5 aromatic rings. The van der Waals surface area contributed by atoms with Crippen LogP contribution in [0, 0.1) is 6.92 Å². The van der Waals surface area contributed by atoms with Crippen LogP contribution in [0.25, 0.3) is 22.3 Å². The van der Waals surface area contributed by atoms with Crippen molar-refractivity contribution < 1.29 is 0 Å². The number of anilines is 1. The molecule has 5 rings (SSSR count). The minimum atomic E-state index is -0.308. The van der Waals surface area contributed by atoms with Crippen LogP contribution in [0.5, 0.6) is 0 Å². The van der Waals surface area contributed by atoms with Crippen molar-refractivity contribution in [2.75, 3.05) is 5.73 Å². The summed E-state index contributed by atoms with van der Waals surface area (Å²) >= 11 is 0. The van der Waals surface area contributed by atoms with Crippen LogP contribution in [0.2, 0.25) is 0 Å². The summed E-state index contributed by atoms with van der Waals surface area (Å²) in [6.45, 7) is 8.25. The lowest BCUT2D eigenvalue weighted by Crippen LogP contribution is -2.26. The third-order valence-corrected chi connectivity index (χ3v) is 5.76. The van der Waals surface area contributed by atoms with Gasteiger partial charge in [-0.1, -0.05) is 74.5 Å². The number of hydrogen-bond donors (Lipinski definition) is 1. The second kappa shape index (κ2) is 10.3. The van der Waals surface area contributed by atoms with Crippen LogP contribution >= 0.6 is 0 Å². The van der Waals surface area contributed by atoms with Crippen LogP contribution in [0.15, 0.2) is 77.9 Å². The monoisotopic (exact) mass is 467 g/mol. The summed E-state index contributed by atoms with van der Waals surface area (Å²) in [6, 6.07) is 21.0. The molecule has 1 atom stereocenters. The van der Waals surface area contributed by atoms with E-state index in [0.29, 0.717) is 18.0 Å². The van der Waals surface area contributed by atoms with E-state index >= 15 is 0 Å². The van der Waals surface area contributed by atoms with E-state index in [9.17, 15) is 4.79 Å². The first-order valence-electron chi connectivity index (χ1n) is 11.7. The largest absolute Gasteiger partial charge is 0.383 e. The van der Waals surface area contributed by atoms with E-state index in [0.717, 1.165) is 33.5 Å². The molecular formula is C27H29N7O. The average Bonchev–Trinajstić information content (AvgIpc) is 3.24. The van der Waals surface area contributed by atoms with Crippen LogP contribution in [-0.2, 0) is 6.54 Å². The molecule has 2 aromatic carbocycles. The van der Waals surface area contributed by atoms with Crippen molar-refractivity contribution in [3.05, 3.63) is 100 Å². The molecule has 3 heterocycles. The minimum absolute atomic E-state index is 0.178. The van der Waals surface area contributed by atoms with Crippen LogP contribution in [0.3, 0.4) is 0 Å². The molecule has 0 aliphatic carbocycles. The zero-order valence-corrected chi connectivity index (χ0v) is 20.4. The number of benzene rings is 2. The van der Waals surface area contributed by atoms with E-state index < -0.39 is 0 Å². The highest BCUT2D eigenvalue weighted by Gasteiger charge is 2.22. The Morgan fingerprint density at radius 2 is 1.60 bits per heavy atom. The first-order valence-corrected chi connectivity index (χ1v) is 11.7. The van der Waals surface area contributed by atoms with Gasteiger partial charge in [-0.3, -0.25) is 4.79 Å². The molecule has 3 aromatic heterocycles. The number of nitrogens with zero attached hydrogens (tertiary/aromatic N) is 6. The number of nitrogens with two attached hydrogens (primary N) is 1. The second-order valence-electron chi connectivity index (χ2n) is 7.96. The second-order valence-corrected chi connectivity index (χ2v) is 7.96. The number of aromatic nitrogens is 6. The Morgan fingerprint density at radius 3 is 2.29 bits per heavy atom. The number of aryl methyl sites for hydroxylation is 1.